The Morgan fingerprint density at radius 2 is 1.22 bits per heavy atom. The molecule has 0 bridgehead atoms. The maximum Gasteiger partial charge on any atom is 0.647 e. The molecule has 0 fully saturated rings. The summed E-state index contributed by atoms with van der Waals surface area (Å²) < 4.78 is 35.4. The average Bonchev–Trinajstić information content (AvgIpc) is 2.60. The molecule has 1 aliphatic heterocycles. The normalized spacial score (nSPS) is 18.0. The van der Waals surface area contributed by atoms with E-state index in [9.17, 15) is 9.59 Å². The van der Waals surface area contributed by atoms with Gasteiger partial charge < -0.3 is 26.2 Å². The van der Waals surface area contributed by atoms with Crippen molar-refractivity contribution in [3.05, 3.63) is 0 Å². The minimum absolute atomic E-state index is 0.00436. The Kier molecular flexibility index (Phi) is 9.92. The molecule has 0 saturated heterocycles. The van der Waals surface area contributed by atoms with Crippen LogP contribution in [0.5, 0.6) is 0 Å². The van der Waals surface area contributed by atoms with E-state index >= 15 is 0 Å². The molecule has 184 valence electrons. The van der Waals surface area contributed by atoms with Gasteiger partial charge in [-0.2, -0.15) is 0 Å². The molecule has 0 N–H and O–H groups in total. The van der Waals surface area contributed by atoms with Gasteiger partial charge in [-0.05, 0) is 58.9 Å². The maximum absolute atomic E-state index is 12.3. The van der Waals surface area contributed by atoms with Crippen molar-refractivity contribution in [3.63, 3.8) is 0 Å². The van der Waals surface area contributed by atoms with Crippen LogP contribution in [0.3, 0.4) is 0 Å². The number of nitrogens with zero attached hydrogens (tertiary/aromatic N) is 2. The predicted molar refractivity (Wildman–Crippen MR) is 132 cm³/mol. The lowest BCUT2D eigenvalue weighted by molar-refractivity contribution is -0.134. The van der Waals surface area contributed by atoms with Gasteiger partial charge in [-0.25, -0.2) is 9.59 Å². The first kappa shape index (κ1) is 29.0. The number of carbonyl (C=O) groups excluding carboxylic acids is 2. The number of hydrogen-bond donors (Lipinski definition) is 0. The highest BCUT2D eigenvalue weighted by Gasteiger charge is 2.54. The fraction of sp³-hybridized carbons (Fsp3) is 0.778. The van der Waals surface area contributed by atoms with E-state index in [0.717, 1.165) is 0 Å². The second-order valence-corrected chi connectivity index (χ2v) is 26.8. The predicted octanol–water partition coefficient (Wildman–Crippen LogP) is 3.16. The van der Waals surface area contributed by atoms with Crippen molar-refractivity contribution < 1.29 is 35.8 Å². The van der Waals surface area contributed by atoms with Crippen LogP contribution in [0.15, 0.2) is 10.2 Å². The fourth-order valence-electron chi connectivity index (χ4n) is 2.74. The highest BCUT2D eigenvalue weighted by Crippen LogP contribution is 2.28. The lowest BCUT2D eigenvalue weighted by atomic mass is 9.96. The summed E-state index contributed by atoms with van der Waals surface area (Å²) in [5.41, 5.74) is 0.168. The molecule has 1 rings (SSSR count). The summed E-state index contributed by atoms with van der Waals surface area (Å²) in [7, 11) is -7.52. The van der Waals surface area contributed by atoms with Crippen molar-refractivity contribution in [1.29, 1.82) is 0 Å². The molecule has 0 aromatic carbocycles. The van der Waals surface area contributed by atoms with Gasteiger partial charge >= 0.3 is 21.0 Å². The zero-order valence-corrected chi connectivity index (χ0v) is 25.2. The van der Waals surface area contributed by atoms with Gasteiger partial charge in [0.2, 0.25) is 0 Å². The summed E-state index contributed by atoms with van der Waals surface area (Å²) in [5.74, 6) is -1.84. The lowest BCUT2D eigenvalue weighted by Crippen LogP contribution is -2.63. The first-order valence-corrected chi connectivity index (χ1v) is 22.3. The van der Waals surface area contributed by atoms with Crippen molar-refractivity contribution in [2.24, 2.45) is 16.1 Å². The Morgan fingerprint density at radius 3 is 1.59 bits per heavy atom. The standard InChI is InChI=1S/C18H38N2O8Si4/c1-23-17(21)15-12-14(16(20-19-15)18(22)24-2)13-25-32(26-29(3,4)5,27-30(6,7)8)28-31(9,10)11/h14H,12-13H2,1-11H3. The molecule has 0 radical (unpaired) electrons. The second-order valence-electron chi connectivity index (χ2n) is 10.4. The number of esters is 2. The zero-order valence-electron chi connectivity index (χ0n) is 21.2. The van der Waals surface area contributed by atoms with Crippen LogP contribution in [0.1, 0.15) is 6.42 Å². The molecular formula is C18H38N2O8Si4. The summed E-state index contributed by atoms with van der Waals surface area (Å²) >= 11 is 0. The minimum Gasteiger partial charge on any atom is -0.464 e. The maximum atomic E-state index is 12.3. The van der Waals surface area contributed by atoms with Crippen LogP contribution in [-0.2, 0) is 35.8 Å². The van der Waals surface area contributed by atoms with Crippen molar-refractivity contribution in [2.45, 2.75) is 65.3 Å². The molecular weight excluding hydrogens is 485 g/mol. The quantitative estimate of drug-likeness (QED) is 0.300. The Labute approximate surface area is 195 Å². The van der Waals surface area contributed by atoms with Crippen LogP contribution < -0.4 is 0 Å². The topological polar surface area (TPSA) is 114 Å². The Balaban J connectivity index is 3.32. The molecule has 1 aliphatic rings. The van der Waals surface area contributed by atoms with E-state index in [1.807, 2.05) is 58.9 Å². The van der Waals surface area contributed by atoms with Gasteiger partial charge in [-0.1, -0.05) is 0 Å². The first-order valence-electron chi connectivity index (χ1n) is 10.5. The highest BCUT2D eigenvalue weighted by molar-refractivity contribution is 6.87. The van der Waals surface area contributed by atoms with E-state index in [1.165, 1.54) is 14.2 Å². The molecule has 14 heteroatoms. The van der Waals surface area contributed by atoms with Crippen LogP contribution >= 0.6 is 0 Å². The van der Waals surface area contributed by atoms with Gasteiger partial charge in [0, 0.05) is 18.9 Å². The van der Waals surface area contributed by atoms with Gasteiger partial charge in [0.1, 0.15) is 5.71 Å². The molecule has 0 aromatic heterocycles. The fourth-order valence-corrected chi connectivity index (χ4v) is 14.5. The van der Waals surface area contributed by atoms with E-state index in [4.69, 9.17) is 26.2 Å². The summed E-state index contributed by atoms with van der Waals surface area (Å²) in [5, 5.41) is 7.76. The molecule has 0 aliphatic carbocycles. The van der Waals surface area contributed by atoms with Crippen LogP contribution in [0.25, 0.3) is 0 Å². The second kappa shape index (κ2) is 10.9. The van der Waals surface area contributed by atoms with Gasteiger partial charge in [-0.15, -0.1) is 10.2 Å². The molecule has 10 nitrogen and oxygen atoms in total. The summed E-state index contributed by atoms with van der Waals surface area (Å²) in [6.07, 6.45) is 0.109. The summed E-state index contributed by atoms with van der Waals surface area (Å²) in [4.78, 5) is 24.3. The van der Waals surface area contributed by atoms with Crippen molar-refractivity contribution in [3.8, 4) is 0 Å². The largest absolute Gasteiger partial charge is 0.647 e. The third-order valence-corrected chi connectivity index (χ3v) is 14.5. The minimum atomic E-state index is -3.60. The average molecular weight is 523 g/mol. The number of ether oxygens (including phenoxy) is 2. The van der Waals surface area contributed by atoms with Crippen molar-refractivity contribution >= 4 is 57.4 Å². The number of methoxy groups -OCH3 is 2. The molecule has 32 heavy (non-hydrogen) atoms. The monoisotopic (exact) mass is 522 g/mol. The van der Waals surface area contributed by atoms with Crippen LogP contribution in [0.4, 0.5) is 0 Å². The molecule has 0 amide bonds. The SMILES string of the molecule is COC(=O)C1=NN=C(C(=O)OC)C(CO[Si](O[Si](C)(C)C)(O[Si](C)(C)C)O[Si](C)(C)C)C1. The zero-order chi connectivity index (χ0) is 25.0. The molecule has 0 saturated carbocycles. The van der Waals surface area contributed by atoms with Crippen LogP contribution in [-0.4, -0.2) is 78.2 Å². The van der Waals surface area contributed by atoms with Gasteiger partial charge in [0.15, 0.2) is 30.7 Å². The third kappa shape index (κ3) is 9.86. The first-order chi connectivity index (χ1) is 14.4. The van der Waals surface area contributed by atoms with E-state index in [2.05, 4.69) is 10.2 Å². The smallest absolute Gasteiger partial charge is 0.464 e. The van der Waals surface area contributed by atoms with Gasteiger partial charge in [0.25, 0.3) is 0 Å². The van der Waals surface area contributed by atoms with Crippen LogP contribution in [0, 0.1) is 5.92 Å². The molecule has 1 unspecified atom stereocenters. The Morgan fingerprint density at radius 1 is 0.781 bits per heavy atom. The van der Waals surface area contributed by atoms with Crippen molar-refractivity contribution in [1.82, 2.24) is 0 Å². The van der Waals surface area contributed by atoms with E-state index in [-0.39, 0.29) is 24.5 Å². The van der Waals surface area contributed by atoms with Gasteiger partial charge in [-0.3, -0.25) is 0 Å². The summed E-state index contributed by atoms with van der Waals surface area (Å²) in [6.45, 7) is 18.4. The van der Waals surface area contributed by atoms with Crippen molar-refractivity contribution in [2.75, 3.05) is 20.8 Å². The molecule has 1 heterocycles. The highest BCUT2D eigenvalue weighted by atomic mass is 28.5. The number of rotatable bonds is 11. The molecule has 1 atom stereocenters. The van der Waals surface area contributed by atoms with Crippen LogP contribution in [0.2, 0.25) is 58.9 Å². The summed E-state index contributed by atoms with van der Waals surface area (Å²) in [6, 6.07) is 0. The van der Waals surface area contributed by atoms with E-state index in [1.54, 1.807) is 0 Å². The molecule has 0 aromatic rings. The third-order valence-electron chi connectivity index (χ3n) is 3.68. The molecule has 0 spiro atoms. The lowest BCUT2D eigenvalue weighted by Gasteiger charge is -2.41. The number of carbonyl (C=O) groups is 2. The van der Waals surface area contributed by atoms with E-state index in [0.29, 0.717) is 0 Å². The van der Waals surface area contributed by atoms with E-state index < -0.39 is 51.9 Å². The van der Waals surface area contributed by atoms with Gasteiger partial charge in [0.05, 0.1) is 14.2 Å². The Bertz CT molecular complexity index is 713. The Hall–Kier alpha value is -1.01. The number of hydrogen-bond acceptors (Lipinski definition) is 10.